The van der Waals surface area contributed by atoms with Crippen molar-refractivity contribution < 1.29 is 5.11 Å². The van der Waals surface area contributed by atoms with Crippen LogP contribution in [0.4, 0.5) is 5.82 Å². The van der Waals surface area contributed by atoms with Gasteiger partial charge in [0.1, 0.15) is 5.82 Å². The molecule has 0 spiro atoms. The molecule has 1 aromatic rings. The molecule has 0 radical (unpaired) electrons. The third-order valence-corrected chi connectivity index (χ3v) is 2.61. The first-order valence-corrected chi connectivity index (χ1v) is 5.79. The molecular weight excluding hydrogens is 226 g/mol. The zero-order valence-electron chi connectivity index (χ0n) is 9.49. The molecule has 5 heteroatoms. The molecule has 90 valence electrons. The lowest BCUT2D eigenvalue weighted by Gasteiger charge is -2.20. The minimum atomic E-state index is 0.139. The second-order valence-electron chi connectivity index (χ2n) is 3.66. The van der Waals surface area contributed by atoms with E-state index in [0.717, 1.165) is 18.7 Å². The smallest absolute Gasteiger partial charge is 0.123 e. The van der Waals surface area contributed by atoms with Gasteiger partial charge < -0.3 is 10.8 Å². The summed E-state index contributed by atoms with van der Waals surface area (Å²) in [5.41, 5.74) is 6.38. The zero-order chi connectivity index (χ0) is 12.0. The Morgan fingerprint density at radius 3 is 2.81 bits per heavy atom. The van der Waals surface area contributed by atoms with Crippen molar-refractivity contribution in [2.75, 3.05) is 25.4 Å². The monoisotopic (exact) mass is 243 g/mol. The van der Waals surface area contributed by atoms with Gasteiger partial charge in [0.2, 0.25) is 0 Å². The molecule has 1 rings (SSSR count). The summed E-state index contributed by atoms with van der Waals surface area (Å²) in [4.78, 5) is 6.30. The van der Waals surface area contributed by atoms with Crippen molar-refractivity contribution in [2.45, 2.75) is 19.9 Å². The summed E-state index contributed by atoms with van der Waals surface area (Å²) in [5.74, 6) is 0.472. The number of hydrogen-bond acceptors (Lipinski definition) is 4. The molecule has 0 atom stereocenters. The molecule has 0 bridgehead atoms. The van der Waals surface area contributed by atoms with Crippen molar-refractivity contribution in [1.29, 1.82) is 0 Å². The molecule has 0 aliphatic rings. The normalized spacial score (nSPS) is 11.0. The predicted octanol–water partition coefficient (Wildman–Crippen LogP) is 1.52. The van der Waals surface area contributed by atoms with Gasteiger partial charge in [-0.3, -0.25) is 4.90 Å². The number of nitrogens with two attached hydrogens (primary N) is 1. The Labute approximate surface area is 101 Å². The second-order valence-corrected chi connectivity index (χ2v) is 4.07. The fourth-order valence-electron chi connectivity index (χ4n) is 1.55. The van der Waals surface area contributed by atoms with Crippen LogP contribution in [0, 0.1) is 0 Å². The Kier molecular flexibility index (Phi) is 5.52. The molecule has 0 aliphatic carbocycles. The van der Waals surface area contributed by atoms with Crippen LogP contribution in [0.25, 0.3) is 0 Å². The first-order chi connectivity index (χ1) is 7.67. The van der Waals surface area contributed by atoms with Crippen LogP contribution in [0.2, 0.25) is 5.02 Å². The Balaban J connectivity index is 2.71. The van der Waals surface area contributed by atoms with Crippen LogP contribution in [0.1, 0.15) is 19.0 Å². The van der Waals surface area contributed by atoms with Gasteiger partial charge in [-0.05, 0) is 25.1 Å². The highest BCUT2D eigenvalue weighted by Crippen LogP contribution is 2.17. The Morgan fingerprint density at radius 2 is 2.19 bits per heavy atom. The van der Waals surface area contributed by atoms with E-state index in [1.165, 1.54) is 0 Å². The lowest BCUT2D eigenvalue weighted by Crippen LogP contribution is -2.27. The van der Waals surface area contributed by atoms with Gasteiger partial charge in [-0.2, -0.15) is 0 Å². The summed E-state index contributed by atoms with van der Waals surface area (Å²) in [7, 11) is 0. The fraction of sp³-hybridized carbons (Fsp3) is 0.545. The summed E-state index contributed by atoms with van der Waals surface area (Å²) in [6, 6.07) is 3.43. The van der Waals surface area contributed by atoms with Gasteiger partial charge in [0.25, 0.3) is 0 Å². The molecule has 0 unspecified atom stereocenters. The van der Waals surface area contributed by atoms with Crippen molar-refractivity contribution >= 4 is 17.4 Å². The van der Waals surface area contributed by atoms with Crippen LogP contribution >= 0.6 is 11.6 Å². The van der Waals surface area contributed by atoms with Crippen LogP contribution in [-0.2, 0) is 6.54 Å². The largest absolute Gasteiger partial charge is 0.395 e. The number of halogens is 1. The first kappa shape index (κ1) is 13.2. The maximum Gasteiger partial charge on any atom is 0.123 e. The van der Waals surface area contributed by atoms with Gasteiger partial charge in [-0.1, -0.05) is 18.5 Å². The summed E-state index contributed by atoms with van der Waals surface area (Å²) in [5, 5.41) is 9.56. The molecule has 0 amide bonds. The topological polar surface area (TPSA) is 62.4 Å². The van der Waals surface area contributed by atoms with Gasteiger partial charge >= 0.3 is 0 Å². The highest BCUT2D eigenvalue weighted by molar-refractivity contribution is 6.31. The van der Waals surface area contributed by atoms with E-state index >= 15 is 0 Å². The van der Waals surface area contributed by atoms with E-state index in [4.69, 9.17) is 22.4 Å². The van der Waals surface area contributed by atoms with Crippen LogP contribution in [0.3, 0.4) is 0 Å². The quantitative estimate of drug-likeness (QED) is 0.795. The van der Waals surface area contributed by atoms with E-state index in [9.17, 15) is 0 Å². The Bertz CT molecular complexity index is 327. The van der Waals surface area contributed by atoms with Crippen molar-refractivity contribution in [1.82, 2.24) is 9.88 Å². The van der Waals surface area contributed by atoms with E-state index in [1.807, 2.05) is 0 Å². The Morgan fingerprint density at radius 1 is 1.44 bits per heavy atom. The first-order valence-electron chi connectivity index (χ1n) is 5.41. The molecular formula is C11H18ClN3O. The summed E-state index contributed by atoms with van der Waals surface area (Å²) in [6.07, 6.45) is 1.03. The molecule has 0 saturated carbocycles. The van der Waals surface area contributed by atoms with Gasteiger partial charge in [0.05, 0.1) is 17.3 Å². The highest BCUT2D eigenvalue weighted by atomic mass is 35.5. The Hall–Kier alpha value is -0.840. The minimum Gasteiger partial charge on any atom is -0.395 e. The molecule has 16 heavy (non-hydrogen) atoms. The number of pyridine rings is 1. The van der Waals surface area contributed by atoms with Crippen molar-refractivity contribution in [3.63, 3.8) is 0 Å². The molecule has 1 aromatic heterocycles. The number of hydrogen-bond donors (Lipinski definition) is 2. The van der Waals surface area contributed by atoms with E-state index in [1.54, 1.807) is 12.1 Å². The molecule has 4 nitrogen and oxygen atoms in total. The number of aliphatic hydroxyl groups is 1. The van der Waals surface area contributed by atoms with Crippen molar-refractivity contribution in [2.24, 2.45) is 0 Å². The summed E-state index contributed by atoms with van der Waals surface area (Å²) < 4.78 is 0. The van der Waals surface area contributed by atoms with Gasteiger partial charge in [-0.15, -0.1) is 0 Å². The second kappa shape index (κ2) is 6.68. The van der Waals surface area contributed by atoms with Crippen molar-refractivity contribution in [3.05, 3.63) is 22.8 Å². The molecule has 0 aromatic carbocycles. The SMILES string of the molecule is CCCN(CCO)Cc1nc(N)ccc1Cl. The third kappa shape index (κ3) is 3.96. The van der Waals surface area contributed by atoms with Crippen LogP contribution in [0.5, 0.6) is 0 Å². The van der Waals surface area contributed by atoms with E-state index < -0.39 is 0 Å². The summed E-state index contributed by atoms with van der Waals surface area (Å²) in [6.45, 7) is 4.39. The number of aliphatic hydroxyl groups excluding tert-OH is 1. The maximum absolute atomic E-state index is 8.95. The highest BCUT2D eigenvalue weighted by Gasteiger charge is 2.09. The number of anilines is 1. The molecule has 0 aliphatic heterocycles. The van der Waals surface area contributed by atoms with Crippen LogP contribution in [0.15, 0.2) is 12.1 Å². The summed E-state index contributed by atoms with van der Waals surface area (Å²) >= 11 is 6.03. The van der Waals surface area contributed by atoms with Gasteiger partial charge in [0, 0.05) is 13.1 Å². The van der Waals surface area contributed by atoms with Crippen LogP contribution in [-0.4, -0.2) is 34.7 Å². The minimum absolute atomic E-state index is 0.139. The lowest BCUT2D eigenvalue weighted by molar-refractivity contribution is 0.189. The standard InChI is InChI=1S/C11H18ClN3O/c1-2-5-15(6-7-16)8-10-9(12)3-4-11(13)14-10/h3-4,16H,2,5-8H2,1H3,(H2,13,14). The van der Waals surface area contributed by atoms with Gasteiger partial charge in [-0.25, -0.2) is 4.98 Å². The molecule has 3 N–H and O–H groups in total. The number of rotatable bonds is 6. The predicted molar refractivity (Wildman–Crippen MR) is 66.3 cm³/mol. The van der Waals surface area contributed by atoms with Crippen molar-refractivity contribution in [3.8, 4) is 0 Å². The van der Waals surface area contributed by atoms with Crippen LogP contribution < -0.4 is 5.73 Å². The maximum atomic E-state index is 8.95. The number of aromatic nitrogens is 1. The number of nitrogen functional groups attached to an aromatic ring is 1. The molecule has 0 fully saturated rings. The van der Waals surface area contributed by atoms with E-state index in [2.05, 4.69) is 16.8 Å². The lowest BCUT2D eigenvalue weighted by atomic mass is 10.3. The number of nitrogens with zero attached hydrogens (tertiary/aromatic N) is 2. The molecule has 1 heterocycles. The fourth-order valence-corrected chi connectivity index (χ4v) is 1.72. The van der Waals surface area contributed by atoms with E-state index in [-0.39, 0.29) is 6.61 Å². The average Bonchev–Trinajstić information content (AvgIpc) is 2.24. The average molecular weight is 244 g/mol. The van der Waals surface area contributed by atoms with Gasteiger partial charge in [0.15, 0.2) is 0 Å². The molecule has 0 saturated heterocycles. The van der Waals surface area contributed by atoms with E-state index in [0.29, 0.717) is 23.9 Å². The third-order valence-electron chi connectivity index (χ3n) is 2.27. The zero-order valence-corrected chi connectivity index (χ0v) is 10.2.